The Morgan fingerprint density at radius 3 is 2.53 bits per heavy atom. The Labute approximate surface area is 123 Å². The van der Waals surface area contributed by atoms with Crippen LogP contribution in [0.5, 0.6) is 5.75 Å². The van der Waals surface area contributed by atoms with Gasteiger partial charge in [0.15, 0.2) is 9.84 Å². The lowest BCUT2D eigenvalue weighted by molar-refractivity contribution is 0.406. The SMILES string of the molecule is COc1ccc(Br)cc1CNCC(C)(C)S(C)(=O)=O. The second kappa shape index (κ2) is 6.24. The highest BCUT2D eigenvalue weighted by Crippen LogP contribution is 2.23. The molecule has 108 valence electrons. The molecule has 0 fully saturated rings. The van der Waals surface area contributed by atoms with Gasteiger partial charge in [-0.15, -0.1) is 0 Å². The van der Waals surface area contributed by atoms with Crippen molar-refractivity contribution in [3.63, 3.8) is 0 Å². The second-order valence-electron chi connectivity index (χ2n) is 5.09. The number of methoxy groups -OCH3 is 1. The monoisotopic (exact) mass is 349 g/mol. The number of rotatable bonds is 6. The Balaban J connectivity index is 2.71. The van der Waals surface area contributed by atoms with Crippen molar-refractivity contribution in [3.8, 4) is 5.75 Å². The van der Waals surface area contributed by atoms with Crippen molar-refractivity contribution in [2.45, 2.75) is 25.1 Å². The smallest absolute Gasteiger partial charge is 0.153 e. The average Bonchev–Trinajstić information content (AvgIpc) is 2.27. The van der Waals surface area contributed by atoms with Gasteiger partial charge in [0.25, 0.3) is 0 Å². The molecule has 6 heteroatoms. The topological polar surface area (TPSA) is 55.4 Å². The Hall–Kier alpha value is -0.590. The summed E-state index contributed by atoms with van der Waals surface area (Å²) in [5, 5.41) is 3.17. The van der Waals surface area contributed by atoms with Crippen molar-refractivity contribution in [3.05, 3.63) is 28.2 Å². The molecule has 1 N–H and O–H groups in total. The minimum absolute atomic E-state index is 0.390. The van der Waals surface area contributed by atoms with Crippen molar-refractivity contribution in [2.24, 2.45) is 0 Å². The van der Waals surface area contributed by atoms with Crippen molar-refractivity contribution >= 4 is 25.8 Å². The zero-order valence-electron chi connectivity index (χ0n) is 11.7. The molecule has 0 amide bonds. The first-order valence-corrected chi connectivity index (χ1v) is 8.58. The van der Waals surface area contributed by atoms with Crippen LogP contribution < -0.4 is 10.1 Å². The van der Waals surface area contributed by atoms with Crippen LogP contribution in [0, 0.1) is 0 Å². The zero-order valence-corrected chi connectivity index (χ0v) is 14.1. The van der Waals surface area contributed by atoms with Gasteiger partial charge in [-0.2, -0.15) is 0 Å². The maximum absolute atomic E-state index is 11.6. The summed E-state index contributed by atoms with van der Waals surface area (Å²) < 4.78 is 28.7. The van der Waals surface area contributed by atoms with Gasteiger partial charge in [-0.1, -0.05) is 15.9 Å². The summed E-state index contributed by atoms with van der Waals surface area (Å²) in [5.74, 6) is 0.785. The summed E-state index contributed by atoms with van der Waals surface area (Å²) in [4.78, 5) is 0. The van der Waals surface area contributed by atoms with Crippen LogP contribution in [-0.4, -0.2) is 33.1 Å². The molecule has 0 saturated heterocycles. The third-order valence-corrected chi connectivity index (χ3v) is 5.76. The van der Waals surface area contributed by atoms with E-state index in [0.717, 1.165) is 15.8 Å². The zero-order chi connectivity index (χ0) is 14.7. The summed E-state index contributed by atoms with van der Waals surface area (Å²) in [6, 6.07) is 5.74. The molecular formula is C13H20BrNO3S. The fourth-order valence-electron chi connectivity index (χ4n) is 1.51. The second-order valence-corrected chi connectivity index (χ2v) is 8.66. The van der Waals surface area contributed by atoms with E-state index in [1.807, 2.05) is 18.2 Å². The van der Waals surface area contributed by atoms with Crippen molar-refractivity contribution in [2.75, 3.05) is 19.9 Å². The molecule has 0 aliphatic heterocycles. The quantitative estimate of drug-likeness (QED) is 0.856. The minimum atomic E-state index is -3.08. The predicted molar refractivity (Wildman–Crippen MR) is 81.3 cm³/mol. The van der Waals surface area contributed by atoms with Crippen molar-refractivity contribution in [1.29, 1.82) is 0 Å². The molecule has 0 atom stereocenters. The van der Waals surface area contributed by atoms with Crippen LogP contribution in [0.4, 0.5) is 0 Å². The molecule has 0 aliphatic carbocycles. The molecule has 0 heterocycles. The van der Waals surface area contributed by atoms with Gasteiger partial charge in [0.2, 0.25) is 0 Å². The van der Waals surface area contributed by atoms with Gasteiger partial charge in [0.1, 0.15) is 5.75 Å². The Bertz CT molecular complexity index is 541. The van der Waals surface area contributed by atoms with Gasteiger partial charge >= 0.3 is 0 Å². The number of sulfone groups is 1. The number of ether oxygens (including phenoxy) is 1. The summed E-state index contributed by atoms with van der Waals surface area (Å²) in [6.45, 7) is 4.38. The molecule has 1 aromatic carbocycles. The molecule has 19 heavy (non-hydrogen) atoms. The van der Waals surface area contributed by atoms with Crippen LogP contribution >= 0.6 is 15.9 Å². The van der Waals surface area contributed by atoms with Gasteiger partial charge in [-0.05, 0) is 32.0 Å². The van der Waals surface area contributed by atoms with Crippen LogP contribution in [0.2, 0.25) is 0 Å². The van der Waals surface area contributed by atoms with Crippen LogP contribution in [0.3, 0.4) is 0 Å². The number of halogens is 1. The Morgan fingerprint density at radius 2 is 2.00 bits per heavy atom. The van der Waals surface area contributed by atoms with Gasteiger partial charge in [-0.25, -0.2) is 8.42 Å². The molecule has 0 aromatic heterocycles. The summed E-state index contributed by atoms with van der Waals surface area (Å²) in [6.07, 6.45) is 1.26. The summed E-state index contributed by atoms with van der Waals surface area (Å²) in [5.41, 5.74) is 0.987. The van der Waals surface area contributed by atoms with Gasteiger partial charge in [0, 0.05) is 29.4 Å². The van der Waals surface area contributed by atoms with Crippen LogP contribution in [-0.2, 0) is 16.4 Å². The molecule has 0 bridgehead atoms. The van der Waals surface area contributed by atoms with E-state index in [4.69, 9.17) is 4.74 Å². The highest BCUT2D eigenvalue weighted by atomic mass is 79.9. The molecule has 4 nitrogen and oxygen atoms in total. The predicted octanol–water partition coefficient (Wildman–Crippen LogP) is 2.37. The number of nitrogens with one attached hydrogen (secondary N) is 1. The van der Waals surface area contributed by atoms with Crippen LogP contribution in [0.15, 0.2) is 22.7 Å². The Morgan fingerprint density at radius 1 is 1.37 bits per heavy atom. The van der Waals surface area contributed by atoms with Gasteiger partial charge in [-0.3, -0.25) is 0 Å². The third kappa shape index (κ3) is 4.47. The van der Waals surface area contributed by atoms with E-state index in [2.05, 4.69) is 21.2 Å². The lowest BCUT2D eigenvalue weighted by atomic mass is 10.1. The lowest BCUT2D eigenvalue weighted by Crippen LogP contribution is -2.41. The lowest BCUT2D eigenvalue weighted by Gasteiger charge is -2.23. The first-order chi connectivity index (χ1) is 8.67. The van der Waals surface area contributed by atoms with Gasteiger partial charge in [0.05, 0.1) is 11.9 Å². The molecule has 0 unspecified atom stereocenters. The first-order valence-electron chi connectivity index (χ1n) is 5.90. The van der Waals surface area contributed by atoms with Gasteiger partial charge < -0.3 is 10.1 Å². The van der Waals surface area contributed by atoms with E-state index in [9.17, 15) is 8.42 Å². The standard InChI is InChI=1S/C13H20BrNO3S/c1-13(2,19(4,16)17)9-15-8-10-7-11(14)5-6-12(10)18-3/h5-7,15H,8-9H2,1-4H3. The number of hydrogen-bond acceptors (Lipinski definition) is 4. The molecule has 0 aliphatic rings. The highest BCUT2D eigenvalue weighted by Gasteiger charge is 2.29. The number of benzene rings is 1. The van der Waals surface area contributed by atoms with Crippen molar-refractivity contribution < 1.29 is 13.2 Å². The van der Waals surface area contributed by atoms with Crippen LogP contribution in [0.25, 0.3) is 0 Å². The maximum atomic E-state index is 11.6. The summed E-state index contributed by atoms with van der Waals surface area (Å²) in [7, 11) is -1.47. The maximum Gasteiger partial charge on any atom is 0.153 e. The van der Waals surface area contributed by atoms with E-state index in [1.165, 1.54) is 6.26 Å². The normalized spacial score (nSPS) is 12.5. The van der Waals surface area contributed by atoms with E-state index >= 15 is 0 Å². The fraction of sp³-hybridized carbons (Fsp3) is 0.538. The minimum Gasteiger partial charge on any atom is -0.496 e. The highest BCUT2D eigenvalue weighted by molar-refractivity contribution is 9.10. The fourth-order valence-corrected chi connectivity index (χ4v) is 2.29. The third-order valence-electron chi connectivity index (χ3n) is 3.11. The molecule has 0 spiro atoms. The van der Waals surface area contributed by atoms with E-state index in [1.54, 1.807) is 21.0 Å². The Kier molecular flexibility index (Phi) is 5.41. The average molecular weight is 350 g/mol. The largest absolute Gasteiger partial charge is 0.496 e. The number of hydrogen-bond donors (Lipinski definition) is 1. The molecule has 1 aromatic rings. The van der Waals surface area contributed by atoms with E-state index < -0.39 is 14.6 Å². The molecule has 1 rings (SSSR count). The van der Waals surface area contributed by atoms with Crippen LogP contribution in [0.1, 0.15) is 19.4 Å². The molecule has 0 saturated carbocycles. The summed E-state index contributed by atoms with van der Waals surface area (Å²) >= 11 is 3.41. The van der Waals surface area contributed by atoms with E-state index in [0.29, 0.717) is 13.1 Å². The molecule has 0 radical (unpaired) electrons. The van der Waals surface area contributed by atoms with Crippen molar-refractivity contribution in [1.82, 2.24) is 5.32 Å². The molecular weight excluding hydrogens is 330 g/mol. The van der Waals surface area contributed by atoms with E-state index in [-0.39, 0.29) is 0 Å². The first kappa shape index (κ1) is 16.5.